The van der Waals surface area contributed by atoms with E-state index < -0.39 is 36.7 Å². The van der Waals surface area contributed by atoms with Crippen LogP contribution in [0.15, 0.2) is 0 Å². The van der Waals surface area contributed by atoms with Crippen molar-refractivity contribution >= 4 is 24.1 Å². The van der Waals surface area contributed by atoms with Crippen molar-refractivity contribution in [1.29, 1.82) is 0 Å². The van der Waals surface area contributed by atoms with Gasteiger partial charge in [0.05, 0.1) is 0 Å². The van der Waals surface area contributed by atoms with Gasteiger partial charge in [0.1, 0.15) is 0 Å². The molecule has 0 rings (SSSR count). The van der Waals surface area contributed by atoms with Crippen LogP contribution in [-0.2, 0) is 28.5 Å². The molecule has 0 aliphatic heterocycles. The molecule has 2 atom stereocenters. The van der Waals surface area contributed by atoms with Gasteiger partial charge in [0.2, 0.25) is 12.6 Å². The lowest BCUT2D eigenvalue weighted by Gasteiger charge is -2.14. The molecule has 2 amide bonds. The fourth-order valence-corrected chi connectivity index (χ4v) is 1.90. The zero-order valence-electron chi connectivity index (χ0n) is 18.1. The first kappa shape index (κ1) is 27.4. The number of carbonyl (C=O) groups excluding carboxylic acids is 4. The molecule has 0 aromatic rings. The van der Waals surface area contributed by atoms with Gasteiger partial charge in [-0.1, -0.05) is 13.8 Å². The fraction of sp³-hybridized carbons (Fsp3) is 0.778. The molecule has 0 aromatic heterocycles. The lowest BCUT2D eigenvalue weighted by molar-refractivity contribution is -0.165. The van der Waals surface area contributed by atoms with Crippen LogP contribution in [0.1, 0.15) is 40.5 Å². The molecule has 0 heterocycles. The molecule has 2 unspecified atom stereocenters. The molecule has 30 heavy (non-hydrogen) atoms. The predicted octanol–water partition coefficient (Wildman–Crippen LogP) is 0.216. The summed E-state index contributed by atoms with van der Waals surface area (Å²) in [6, 6.07) is 0. The SMILES string of the molecule is CCC(=O)OC(C)OC(=O)NCCNCCNCCNC(=O)OC(C)OC(=O)CC. The highest BCUT2D eigenvalue weighted by Crippen LogP contribution is 1.97. The van der Waals surface area contributed by atoms with Crippen LogP contribution in [0.2, 0.25) is 0 Å². The zero-order valence-corrected chi connectivity index (χ0v) is 18.1. The molecular formula is C18H34N4O8. The third kappa shape index (κ3) is 16.4. The first-order chi connectivity index (χ1) is 14.3. The monoisotopic (exact) mass is 434 g/mol. The summed E-state index contributed by atoms with van der Waals surface area (Å²) in [5.41, 5.74) is 0. The van der Waals surface area contributed by atoms with Crippen molar-refractivity contribution in [3.8, 4) is 0 Å². The number of carbonyl (C=O) groups is 4. The minimum absolute atomic E-state index is 0.211. The number of hydrogen-bond donors (Lipinski definition) is 4. The van der Waals surface area contributed by atoms with Crippen LogP contribution in [-0.4, -0.2) is 76.0 Å². The predicted molar refractivity (Wildman–Crippen MR) is 106 cm³/mol. The van der Waals surface area contributed by atoms with Crippen LogP contribution in [0.4, 0.5) is 9.59 Å². The molecule has 4 N–H and O–H groups in total. The fourth-order valence-electron chi connectivity index (χ4n) is 1.90. The topological polar surface area (TPSA) is 153 Å². The Morgan fingerprint density at radius 1 is 0.600 bits per heavy atom. The quantitative estimate of drug-likeness (QED) is 0.160. The molecular weight excluding hydrogens is 400 g/mol. The molecule has 0 bridgehead atoms. The van der Waals surface area contributed by atoms with E-state index in [-0.39, 0.29) is 12.8 Å². The van der Waals surface area contributed by atoms with E-state index in [1.54, 1.807) is 13.8 Å². The Hall–Kier alpha value is -2.60. The highest BCUT2D eigenvalue weighted by Gasteiger charge is 2.13. The maximum absolute atomic E-state index is 11.5. The van der Waals surface area contributed by atoms with Crippen LogP contribution in [0.5, 0.6) is 0 Å². The van der Waals surface area contributed by atoms with E-state index in [0.29, 0.717) is 39.3 Å². The molecule has 12 heteroatoms. The van der Waals surface area contributed by atoms with Crippen molar-refractivity contribution in [2.45, 2.75) is 53.1 Å². The number of ether oxygens (including phenoxy) is 4. The van der Waals surface area contributed by atoms with E-state index in [2.05, 4.69) is 21.3 Å². The lowest BCUT2D eigenvalue weighted by atomic mass is 10.5. The maximum Gasteiger partial charge on any atom is 0.410 e. The van der Waals surface area contributed by atoms with E-state index in [9.17, 15) is 19.2 Å². The van der Waals surface area contributed by atoms with E-state index in [0.717, 1.165) is 0 Å². The summed E-state index contributed by atoms with van der Waals surface area (Å²) in [7, 11) is 0. The second-order valence-electron chi connectivity index (χ2n) is 5.99. The van der Waals surface area contributed by atoms with Gasteiger partial charge in [-0.15, -0.1) is 0 Å². The van der Waals surface area contributed by atoms with Gasteiger partial charge in [-0.3, -0.25) is 9.59 Å². The Bertz CT molecular complexity index is 486. The third-order valence-corrected chi connectivity index (χ3v) is 3.34. The van der Waals surface area contributed by atoms with Gasteiger partial charge in [0.25, 0.3) is 0 Å². The summed E-state index contributed by atoms with van der Waals surface area (Å²) in [6.07, 6.45) is -2.78. The average Bonchev–Trinajstić information content (AvgIpc) is 2.68. The minimum Gasteiger partial charge on any atom is -0.425 e. The lowest BCUT2D eigenvalue weighted by Crippen LogP contribution is -2.38. The molecule has 0 spiro atoms. The van der Waals surface area contributed by atoms with E-state index in [1.165, 1.54) is 13.8 Å². The Morgan fingerprint density at radius 3 is 1.27 bits per heavy atom. The average molecular weight is 434 g/mol. The van der Waals surface area contributed by atoms with Crippen LogP contribution >= 0.6 is 0 Å². The first-order valence-electron chi connectivity index (χ1n) is 9.97. The largest absolute Gasteiger partial charge is 0.425 e. The molecule has 0 saturated carbocycles. The standard InChI is InChI=1S/C18H34N4O8/c1-5-15(23)27-13(3)29-17(25)21-11-9-19-7-8-20-10-12-22-18(26)30-14(4)28-16(24)6-2/h13-14,19-20H,5-12H2,1-4H3,(H,21,25)(H,22,26). The Kier molecular flexibility index (Phi) is 15.8. The third-order valence-electron chi connectivity index (χ3n) is 3.34. The van der Waals surface area contributed by atoms with Crippen molar-refractivity contribution in [3.63, 3.8) is 0 Å². The second kappa shape index (κ2) is 17.3. The summed E-state index contributed by atoms with van der Waals surface area (Å²) in [6.45, 7) is 9.28. The number of alkyl carbamates (subject to hydrolysis) is 2. The molecule has 0 aromatic carbocycles. The number of nitrogens with one attached hydrogen (secondary N) is 4. The molecule has 0 saturated heterocycles. The van der Waals surface area contributed by atoms with Crippen LogP contribution in [0, 0.1) is 0 Å². The first-order valence-corrected chi connectivity index (χ1v) is 9.97. The summed E-state index contributed by atoms with van der Waals surface area (Å²) >= 11 is 0. The highest BCUT2D eigenvalue weighted by atomic mass is 16.7. The summed E-state index contributed by atoms with van der Waals surface area (Å²) < 4.78 is 19.4. The van der Waals surface area contributed by atoms with Gasteiger partial charge in [-0.2, -0.15) is 0 Å². The molecule has 0 radical (unpaired) electrons. The van der Waals surface area contributed by atoms with Crippen molar-refractivity contribution in [2.24, 2.45) is 0 Å². The van der Waals surface area contributed by atoms with E-state index >= 15 is 0 Å². The number of esters is 2. The molecule has 0 aliphatic rings. The normalized spacial score (nSPS) is 12.3. The summed E-state index contributed by atoms with van der Waals surface area (Å²) in [5.74, 6) is -0.882. The van der Waals surface area contributed by atoms with Gasteiger partial charge in [-0.05, 0) is 0 Å². The number of rotatable bonds is 15. The van der Waals surface area contributed by atoms with Gasteiger partial charge in [0.15, 0.2) is 0 Å². The van der Waals surface area contributed by atoms with E-state index in [1.807, 2.05) is 0 Å². The molecule has 12 nitrogen and oxygen atoms in total. The molecule has 0 aliphatic carbocycles. The number of amides is 2. The van der Waals surface area contributed by atoms with Crippen molar-refractivity contribution in [2.75, 3.05) is 39.3 Å². The summed E-state index contributed by atoms with van der Waals surface area (Å²) in [4.78, 5) is 45.1. The van der Waals surface area contributed by atoms with Crippen molar-refractivity contribution in [1.82, 2.24) is 21.3 Å². The van der Waals surface area contributed by atoms with Gasteiger partial charge >= 0.3 is 24.1 Å². The molecule has 0 fully saturated rings. The minimum atomic E-state index is -0.935. The maximum atomic E-state index is 11.5. The van der Waals surface area contributed by atoms with Gasteiger partial charge < -0.3 is 40.2 Å². The van der Waals surface area contributed by atoms with Crippen LogP contribution < -0.4 is 21.3 Å². The summed E-state index contributed by atoms with van der Waals surface area (Å²) in [5, 5.41) is 11.3. The van der Waals surface area contributed by atoms with Crippen LogP contribution in [0.25, 0.3) is 0 Å². The van der Waals surface area contributed by atoms with Gasteiger partial charge in [0, 0.05) is 66.0 Å². The number of hydrogen-bond acceptors (Lipinski definition) is 10. The second-order valence-corrected chi connectivity index (χ2v) is 5.99. The Balaban J connectivity index is 3.51. The van der Waals surface area contributed by atoms with Crippen LogP contribution in [0.3, 0.4) is 0 Å². The Morgan fingerprint density at radius 2 is 0.933 bits per heavy atom. The highest BCUT2D eigenvalue weighted by molar-refractivity contribution is 5.70. The van der Waals surface area contributed by atoms with Crippen molar-refractivity contribution in [3.05, 3.63) is 0 Å². The zero-order chi connectivity index (χ0) is 22.8. The smallest absolute Gasteiger partial charge is 0.410 e. The van der Waals surface area contributed by atoms with Gasteiger partial charge in [-0.25, -0.2) is 9.59 Å². The molecule has 174 valence electrons. The Labute approximate surface area is 176 Å². The van der Waals surface area contributed by atoms with Crippen molar-refractivity contribution < 1.29 is 38.1 Å². The van der Waals surface area contributed by atoms with E-state index in [4.69, 9.17) is 18.9 Å².